The molecule has 164 valence electrons. The van der Waals surface area contributed by atoms with E-state index in [1.807, 2.05) is 6.92 Å². The summed E-state index contributed by atoms with van der Waals surface area (Å²) in [4.78, 5) is 31.4. The minimum atomic E-state index is -0.490. The van der Waals surface area contributed by atoms with Gasteiger partial charge in [-0.2, -0.15) is 0 Å². The molecule has 2 heterocycles. The van der Waals surface area contributed by atoms with Crippen molar-refractivity contribution in [2.75, 3.05) is 25.5 Å². The minimum absolute atomic E-state index is 0.144. The molecule has 0 radical (unpaired) electrons. The maximum absolute atomic E-state index is 12.1. The molecular weight excluding hydrogens is 424 g/mol. The first-order chi connectivity index (χ1) is 14.9. The average molecular weight is 447 g/mol. The average Bonchev–Trinajstić information content (AvgIpc) is 3.10. The van der Waals surface area contributed by atoms with E-state index in [0.29, 0.717) is 60.2 Å². The number of nitrogens with zero attached hydrogens (tertiary/aromatic N) is 4. The summed E-state index contributed by atoms with van der Waals surface area (Å²) in [7, 11) is 0. The Morgan fingerprint density at radius 1 is 1.32 bits per heavy atom. The Hall–Kier alpha value is -3.24. The number of rotatable bonds is 10. The number of halogens is 1. The Kier molecular flexibility index (Phi) is 7.37. The van der Waals surface area contributed by atoms with Crippen molar-refractivity contribution in [2.45, 2.75) is 26.3 Å². The van der Waals surface area contributed by atoms with Crippen LogP contribution < -0.4 is 11.1 Å². The van der Waals surface area contributed by atoms with E-state index in [1.165, 1.54) is 0 Å². The fourth-order valence-corrected chi connectivity index (χ4v) is 3.30. The number of hydrogen-bond donors (Lipinski definition) is 2. The van der Waals surface area contributed by atoms with E-state index in [1.54, 1.807) is 28.8 Å². The Morgan fingerprint density at radius 3 is 2.74 bits per heavy atom. The Balaban J connectivity index is 1.61. The second kappa shape index (κ2) is 10.2. The van der Waals surface area contributed by atoms with Gasteiger partial charge in [0.05, 0.1) is 18.1 Å². The van der Waals surface area contributed by atoms with Gasteiger partial charge in [0.1, 0.15) is 17.5 Å². The molecule has 0 saturated carbocycles. The lowest BCUT2D eigenvalue weighted by atomic mass is 10.2. The number of aromatic nitrogens is 3. The van der Waals surface area contributed by atoms with Crippen LogP contribution in [0.2, 0.25) is 5.02 Å². The number of aryl methyl sites for hydroxylation is 1. The van der Waals surface area contributed by atoms with Gasteiger partial charge in [-0.05, 0) is 30.7 Å². The van der Waals surface area contributed by atoms with Crippen molar-refractivity contribution in [3.8, 4) is 0 Å². The molecule has 0 aliphatic heterocycles. The van der Waals surface area contributed by atoms with E-state index in [0.717, 1.165) is 12.6 Å². The lowest BCUT2D eigenvalue weighted by Crippen LogP contribution is -2.27. The van der Waals surface area contributed by atoms with Crippen molar-refractivity contribution in [3.05, 3.63) is 57.0 Å². The van der Waals surface area contributed by atoms with Crippen molar-refractivity contribution in [3.63, 3.8) is 0 Å². The van der Waals surface area contributed by atoms with Crippen LogP contribution in [0.1, 0.15) is 29.5 Å². The number of hydrogen-bond acceptors (Lipinski definition) is 7. The van der Waals surface area contributed by atoms with Gasteiger partial charge in [-0.15, -0.1) is 0 Å². The zero-order chi connectivity index (χ0) is 22.4. The molecule has 10 nitrogen and oxygen atoms in total. The monoisotopic (exact) mass is 446 g/mol. The summed E-state index contributed by atoms with van der Waals surface area (Å²) >= 11 is 5.82. The van der Waals surface area contributed by atoms with Crippen LogP contribution >= 0.6 is 11.6 Å². The van der Waals surface area contributed by atoms with Crippen LogP contribution in [0.3, 0.4) is 0 Å². The fraction of sp³-hybridized carbons (Fsp3) is 0.350. The number of ether oxygens (including phenoxy) is 1. The zero-order valence-electron chi connectivity index (χ0n) is 17.0. The summed E-state index contributed by atoms with van der Waals surface area (Å²) < 4.78 is 7.39. The normalized spacial score (nSPS) is 11.0. The molecule has 0 unspecified atom stereocenters. The molecule has 11 heteroatoms. The predicted molar refractivity (Wildman–Crippen MR) is 117 cm³/mol. The number of anilines is 1. The van der Waals surface area contributed by atoms with Crippen LogP contribution in [0.5, 0.6) is 0 Å². The van der Waals surface area contributed by atoms with Gasteiger partial charge in [0.25, 0.3) is 5.91 Å². The van der Waals surface area contributed by atoms with Crippen molar-refractivity contribution in [2.24, 2.45) is 0 Å². The molecule has 3 rings (SSSR count). The number of nitrogens with one attached hydrogen (secondary N) is 1. The smallest absolute Gasteiger partial charge is 0.313 e. The zero-order valence-corrected chi connectivity index (χ0v) is 17.8. The van der Waals surface area contributed by atoms with Crippen molar-refractivity contribution in [1.82, 2.24) is 19.9 Å². The van der Waals surface area contributed by atoms with Gasteiger partial charge < -0.3 is 20.4 Å². The van der Waals surface area contributed by atoms with Crippen molar-refractivity contribution < 1.29 is 14.5 Å². The number of fused-ring (bicyclic) bond motifs is 1. The molecule has 3 N–H and O–H groups in total. The third-order valence-corrected chi connectivity index (χ3v) is 4.88. The van der Waals surface area contributed by atoms with Crippen LogP contribution in [0.25, 0.3) is 11.0 Å². The van der Waals surface area contributed by atoms with Crippen LogP contribution in [-0.4, -0.2) is 45.1 Å². The molecule has 0 spiro atoms. The molecule has 0 saturated heterocycles. The van der Waals surface area contributed by atoms with Gasteiger partial charge >= 0.3 is 5.69 Å². The number of nitrogens with two attached hydrogens (primary N) is 1. The minimum Gasteiger partial charge on any atom is -0.382 e. The molecule has 0 aliphatic rings. The summed E-state index contributed by atoms with van der Waals surface area (Å²) in [5.74, 6) is 0.632. The SMILES string of the molecule is CCCc1nc2c(N)ncc([N+](=O)[O-])c2n1CCOCCNC(=O)c1ccc(Cl)cc1. The van der Waals surface area contributed by atoms with Gasteiger partial charge in [0.2, 0.25) is 0 Å². The molecule has 0 atom stereocenters. The maximum Gasteiger partial charge on any atom is 0.313 e. The van der Waals surface area contributed by atoms with E-state index < -0.39 is 4.92 Å². The number of carbonyl (C=O) groups is 1. The molecule has 3 aromatic rings. The van der Waals surface area contributed by atoms with Crippen LogP contribution in [0.15, 0.2) is 30.5 Å². The highest BCUT2D eigenvalue weighted by Crippen LogP contribution is 2.29. The van der Waals surface area contributed by atoms with E-state index >= 15 is 0 Å². The van der Waals surface area contributed by atoms with E-state index in [9.17, 15) is 14.9 Å². The summed E-state index contributed by atoms with van der Waals surface area (Å²) in [6, 6.07) is 6.59. The molecule has 0 fully saturated rings. The molecule has 0 aliphatic carbocycles. The van der Waals surface area contributed by atoms with Crippen LogP contribution in [0, 0.1) is 10.1 Å². The molecular formula is C20H23ClN6O4. The summed E-state index contributed by atoms with van der Waals surface area (Å²) in [5.41, 5.74) is 6.94. The van der Waals surface area contributed by atoms with Gasteiger partial charge in [-0.1, -0.05) is 18.5 Å². The topological polar surface area (TPSA) is 138 Å². The second-order valence-electron chi connectivity index (χ2n) is 6.79. The van der Waals surface area contributed by atoms with E-state index in [4.69, 9.17) is 22.1 Å². The Labute approximate surface area is 183 Å². The molecule has 2 aromatic heterocycles. The number of carbonyl (C=O) groups excluding carboxylic acids is 1. The van der Waals surface area contributed by atoms with Gasteiger partial charge in [0, 0.05) is 30.1 Å². The second-order valence-corrected chi connectivity index (χ2v) is 7.22. The molecule has 31 heavy (non-hydrogen) atoms. The lowest BCUT2D eigenvalue weighted by molar-refractivity contribution is -0.383. The number of imidazole rings is 1. The maximum atomic E-state index is 12.1. The highest BCUT2D eigenvalue weighted by Gasteiger charge is 2.23. The van der Waals surface area contributed by atoms with Gasteiger partial charge in [-0.3, -0.25) is 14.9 Å². The summed E-state index contributed by atoms with van der Waals surface area (Å²) in [6.07, 6.45) is 2.61. The molecule has 0 bridgehead atoms. The summed E-state index contributed by atoms with van der Waals surface area (Å²) in [6.45, 7) is 3.27. The third kappa shape index (κ3) is 5.28. The Morgan fingerprint density at radius 2 is 2.06 bits per heavy atom. The number of amides is 1. The highest BCUT2D eigenvalue weighted by molar-refractivity contribution is 6.30. The van der Waals surface area contributed by atoms with Crippen molar-refractivity contribution >= 4 is 40.0 Å². The van der Waals surface area contributed by atoms with Crippen LogP contribution in [-0.2, 0) is 17.7 Å². The number of nitrogen functional groups attached to an aromatic ring is 1. The van der Waals surface area contributed by atoms with Crippen molar-refractivity contribution in [1.29, 1.82) is 0 Å². The van der Waals surface area contributed by atoms with E-state index in [2.05, 4.69) is 15.3 Å². The number of nitro groups is 1. The quantitative estimate of drug-likeness (QED) is 0.277. The van der Waals surface area contributed by atoms with E-state index in [-0.39, 0.29) is 17.4 Å². The summed E-state index contributed by atoms with van der Waals surface area (Å²) in [5, 5.41) is 14.8. The lowest BCUT2D eigenvalue weighted by Gasteiger charge is -2.10. The first-order valence-electron chi connectivity index (χ1n) is 9.81. The largest absolute Gasteiger partial charge is 0.382 e. The van der Waals surface area contributed by atoms with Gasteiger partial charge in [0.15, 0.2) is 11.3 Å². The van der Waals surface area contributed by atoms with Crippen LogP contribution in [0.4, 0.5) is 11.5 Å². The fourth-order valence-electron chi connectivity index (χ4n) is 3.18. The van der Waals surface area contributed by atoms with Gasteiger partial charge in [-0.25, -0.2) is 9.97 Å². The first-order valence-corrected chi connectivity index (χ1v) is 10.2. The molecule has 1 amide bonds. The predicted octanol–water partition coefficient (Wildman–Crippen LogP) is 2.97. The number of benzene rings is 1. The Bertz CT molecular complexity index is 1080. The highest BCUT2D eigenvalue weighted by atomic mass is 35.5. The first kappa shape index (κ1) is 22.4. The number of pyridine rings is 1. The standard InChI is InChI=1S/C20H23ClN6O4/c1-2-3-16-25-17-18(15(27(29)30)12-24-19(17)22)26(16)9-11-31-10-8-23-20(28)13-4-6-14(21)7-5-13/h4-7,12H,2-3,8-11H2,1H3,(H2,22,24)(H,23,28). The molecule has 1 aromatic carbocycles. The third-order valence-electron chi connectivity index (χ3n) is 4.63.